The van der Waals surface area contributed by atoms with Crippen LogP contribution in [-0.4, -0.2) is 27.0 Å². The summed E-state index contributed by atoms with van der Waals surface area (Å²) in [5, 5.41) is 11.6. The number of benzene rings is 1. The van der Waals surface area contributed by atoms with Crippen LogP contribution in [0.3, 0.4) is 0 Å². The lowest BCUT2D eigenvalue weighted by Gasteiger charge is -2.06. The first kappa shape index (κ1) is 16.8. The molecule has 128 valence electrons. The number of carbonyl (C=O) groups is 2. The number of alkyl halides is 3. The number of carbonyl (C=O) groups excluding carboxylic acids is 1. The van der Waals surface area contributed by atoms with Gasteiger partial charge in [0.2, 0.25) is 0 Å². The number of aromatic carboxylic acids is 1. The smallest absolute Gasteiger partial charge is 0.433 e. The van der Waals surface area contributed by atoms with Gasteiger partial charge in [0, 0.05) is 6.20 Å². The molecule has 3 rings (SSSR count). The molecule has 0 aliphatic heterocycles. The molecule has 0 spiro atoms. The second-order valence-corrected chi connectivity index (χ2v) is 5.92. The quantitative estimate of drug-likeness (QED) is 0.737. The molecule has 0 saturated heterocycles. The molecule has 0 aliphatic rings. The summed E-state index contributed by atoms with van der Waals surface area (Å²) in [6.07, 6.45) is -3.75. The van der Waals surface area contributed by atoms with Crippen molar-refractivity contribution in [2.45, 2.75) is 6.18 Å². The maximum atomic E-state index is 12.5. The third kappa shape index (κ3) is 3.58. The number of rotatable bonds is 3. The van der Waals surface area contributed by atoms with Gasteiger partial charge in [0.25, 0.3) is 5.91 Å². The fourth-order valence-electron chi connectivity index (χ4n) is 1.98. The number of carboxylic acids is 1. The summed E-state index contributed by atoms with van der Waals surface area (Å²) < 4.78 is 38.0. The number of aromatic nitrogens is 2. The van der Waals surface area contributed by atoms with Crippen molar-refractivity contribution in [1.29, 1.82) is 0 Å². The first-order valence-corrected chi connectivity index (χ1v) is 7.54. The van der Waals surface area contributed by atoms with Crippen LogP contribution in [0.5, 0.6) is 0 Å². The van der Waals surface area contributed by atoms with Crippen molar-refractivity contribution in [2.24, 2.45) is 0 Å². The van der Waals surface area contributed by atoms with Crippen LogP contribution in [0.25, 0.3) is 10.2 Å². The third-order valence-electron chi connectivity index (χ3n) is 3.17. The summed E-state index contributed by atoms with van der Waals surface area (Å²) in [5.74, 6) is -1.77. The Morgan fingerprint density at radius 2 is 1.84 bits per heavy atom. The molecular weight excluding hydrogens is 359 g/mol. The van der Waals surface area contributed by atoms with Crippen molar-refractivity contribution in [3.05, 3.63) is 53.3 Å². The first-order chi connectivity index (χ1) is 11.7. The molecule has 3 aromatic rings. The maximum Gasteiger partial charge on any atom is 0.433 e. The van der Waals surface area contributed by atoms with Crippen LogP contribution in [-0.2, 0) is 6.18 Å². The van der Waals surface area contributed by atoms with Crippen molar-refractivity contribution in [2.75, 3.05) is 5.32 Å². The average Bonchev–Trinajstić information content (AvgIpc) is 2.95. The minimum atomic E-state index is -4.58. The zero-order chi connectivity index (χ0) is 18.2. The number of anilines is 1. The summed E-state index contributed by atoms with van der Waals surface area (Å²) >= 11 is 1.11. The van der Waals surface area contributed by atoms with Crippen molar-refractivity contribution in [1.82, 2.24) is 9.97 Å². The zero-order valence-corrected chi connectivity index (χ0v) is 13.0. The predicted octanol–water partition coefficient (Wildman–Crippen LogP) is 3.66. The summed E-state index contributed by atoms with van der Waals surface area (Å²) in [5.41, 5.74) is -0.697. The topological polar surface area (TPSA) is 92.2 Å². The van der Waals surface area contributed by atoms with Gasteiger partial charge in [0.1, 0.15) is 5.69 Å². The molecule has 2 heterocycles. The van der Waals surface area contributed by atoms with E-state index in [1.165, 1.54) is 12.1 Å². The second kappa shape index (κ2) is 6.13. The van der Waals surface area contributed by atoms with E-state index in [2.05, 4.69) is 15.3 Å². The number of amides is 1. The molecule has 1 amide bonds. The van der Waals surface area contributed by atoms with Gasteiger partial charge in [-0.25, -0.2) is 9.78 Å². The number of nitrogens with zero attached hydrogens (tertiary/aromatic N) is 2. The number of pyridine rings is 1. The van der Waals surface area contributed by atoms with Gasteiger partial charge < -0.3 is 5.11 Å². The van der Waals surface area contributed by atoms with E-state index in [0.717, 1.165) is 23.6 Å². The lowest BCUT2D eigenvalue weighted by Crippen LogP contribution is -2.14. The maximum absolute atomic E-state index is 12.5. The molecule has 0 saturated carbocycles. The molecule has 0 unspecified atom stereocenters. The minimum absolute atomic E-state index is 0.0570. The molecule has 10 heteroatoms. The summed E-state index contributed by atoms with van der Waals surface area (Å²) in [4.78, 5) is 30.3. The minimum Gasteiger partial charge on any atom is -0.478 e. The van der Waals surface area contributed by atoms with Crippen LogP contribution < -0.4 is 5.32 Å². The van der Waals surface area contributed by atoms with Crippen molar-refractivity contribution in [3.8, 4) is 0 Å². The fourth-order valence-corrected chi connectivity index (χ4v) is 2.82. The monoisotopic (exact) mass is 367 g/mol. The van der Waals surface area contributed by atoms with Crippen LogP contribution in [0.4, 0.5) is 18.3 Å². The lowest BCUT2D eigenvalue weighted by atomic mass is 10.2. The Hall–Kier alpha value is -3.01. The second-order valence-electron chi connectivity index (χ2n) is 4.89. The van der Waals surface area contributed by atoms with Crippen molar-refractivity contribution >= 4 is 38.6 Å². The first-order valence-electron chi connectivity index (χ1n) is 6.72. The number of thiazole rings is 1. The third-order valence-corrected chi connectivity index (χ3v) is 4.12. The Balaban J connectivity index is 1.80. The van der Waals surface area contributed by atoms with Crippen molar-refractivity contribution < 1.29 is 27.9 Å². The molecule has 1 aromatic carbocycles. The molecule has 0 bridgehead atoms. The Morgan fingerprint density at radius 3 is 2.44 bits per heavy atom. The van der Waals surface area contributed by atoms with Gasteiger partial charge in [-0.05, 0) is 30.3 Å². The van der Waals surface area contributed by atoms with Crippen LogP contribution in [0.2, 0.25) is 0 Å². The van der Waals surface area contributed by atoms with Gasteiger partial charge in [-0.15, -0.1) is 0 Å². The summed E-state index contributed by atoms with van der Waals surface area (Å²) in [6.45, 7) is 0. The standard InChI is InChI=1S/C15H8F3N3O3S/c16-15(17,18)11-4-2-8(6-19-11)12(22)21-14-20-9-5-7(13(23)24)1-3-10(9)25-14/h1-6H,(H,23,24)(H,20,21,22). The van der Waals surface area contributed by atoms with E-state index < -0.39 is 23.7 Å². The Kier molecular flexibility index (Phi) is 4.13. The number of halogens is 3. The highest BCUT2D eigenvalue weighted by Gasteiger charge is 2.32. The van der Waals surface area contributed by atoms with E-state index in [0.29, 0.717) is 16.3 Å². The summed E-state index contributed by atoms with van der Waals surface area (Å²) in [7, 11) is 0. The van der Waals surface area contributed by atoms with Gasteiger partial charge in [0.15, 0.2) is 5.13 Å². The van der Waals surface area contributed by atoms with E-state index in [9.17, 15) is 22.8 Å². The molecule has 25 heavy (non-hydrogen) atoms. The number of hydrogen-bond donors (Lipinski definition) is 2. The highest BCUT2D eigenvalue weighted by molar-refractivity contribution is 7.22. The lowest BCUT2D eigenvalue weighted by molar-refractivity contribution is -0.141. The molecule has 2 N–H and O–H groups in total. The van der Waals surface area contributed by atoms with Crippen LogP contribution in [0, 0.1) is 0 Å². The number of nitrogens with one attached hydrogen (secondary N) is 1. The van der Waals surface area contributed by atoms with E-state index in [4.69, 9.17) is 5.11 Å². The van der Waals surface area contributed by atoms with Gasteiger partial charge in [-0.1, -0.05) is 11.3 Å². The van der Waals surface area contributed by atoms with Gasteiger partial charge in [0.05, 0.1) is 21.3 Å². The fraction of sp³-hybridized carbons (Fsp3) is 0.0667. The molecule has 6 nitrogen and oxygen atoms in total. The largest absolute Gasteiger partial charge is 0.478 e. The highest BCUT2D eigenvalue weighted by atomic mass is 32.1. The Bertz CT molecular complexity index is 968. The normalized spacial score (nSPS) is 11.5. The van der Waals surface area contributed by atoms with E-state index >= 15 is 0 Å². The molecule has 0 aliphatic carbocycles. The molecule has 0 atom stereocenters. The van der Waals surface area contributed by atoms with E-state index in [1.807, 2.05) is 0 Å². The van der Waals surface area contributed by atoms with E-state index in [-0.39, 0.29) is 16.3 Å². The number of hydrogen-bond acceptors (Lipinski definition) is 5. The number of fused-ring (bicyclic) bond motifs is 1. The Morgan fingerprint density at radius 1 is 1.12 bits per heavy atom. The molecule has 2 aromatic heterocycles. The van der Waals surface area contributed by atoms with Crippen molar-refractivity contribution in [3.63, 3.8) is 0 Å². The van der Waals surface area contributed by atoms with Crippen LogP contribution >= 0.6 is 11.3 Å². The SMILES string of the molecule is O=C(O)c1ccc2sc(NC(=O)c3ccc(C(F)(F)F)nc3)nc2c1. The van der Waals surface area contributed by atoms with E-state index in [1.54, 1.807) is 6.07 Å². The van der Waals surface area contributed by atoms with Gasteiger partial charge in [-0.3, -0.25) is 15.1 Å². The molecule has 0 radical (unpaired) electrons. The average molecular weight is 367 g/mol. The Labute approximate surface area is 142 Å². The number of carboxylic acid groups (broad SMARTS) is 1. The van der Waals surface area contributed by atoms with Crippen LogP contribution in [0.15, 0.2) is 36.5 Å². The van der Waals surface area contributed by atoms with Crippen LogP contribution in [0.1, 0.15) is 26.4 Å². The zero-order valence-electron chi connectivity index (χ0n) is 12.2. The van der Waals surface area contributed by atoms with Gasteiger partial charge >= 0.3 is 12.1 Å². The summed E-state index contributed by atoms with van der Waals surface area (Å²) in [6, 6.07) is 6.07. The van der Waals surface area contributed by atoms with Gasteiger partial charge in [-0.2, -0.15) is 13.2 Å². The predicted molar refractivity (Wildman–Crippen MR) is 83.8 cm³/mol. The molecular formula is C15H8F3N3O3S. The molecule has 0 fully saturated rings. The highest BCUT2D eigenvalue weighted by Crippen LogP contribution is 2.28.